The molecule has 0 atom stereocenters. The highest BCUT2D eigenvalue weighted by Gasteiger charge is 2.12. The highest BCUT2D eigenvalue weighted by atomic mass is 19.1. The van der Waals surface area contributed by atoms with Crippen LogP contribution >= 0.6 is 0 Å². The molecule has 0 saturated heterocycles. The molecule has 1 heterocycles. The summed E-state index contributed by atoms with van der Waals surface area (Å²) in [5, 5.41) is 2.98. The molecule has 2 aromatic carbocycles. The van der Waals surface area contributed by atoms with Crippen LogP contribution < -0.4 is 11.1 Å². The zero-order chi connectivity index (χ0) is 18.0. The topological polar surface area (TPSA) is 81.2 Å². The first kappa shape index (κ1) is 16.6. The molecule has 0 unspecified atom stereocenters. The molecule has 0 aliphatic heterocycles. The number of nitrogens with one attached hydrogen (secondary N) is 1. The third-order valence-electron chi connectivity index (χ3n) is 3.74. The van der Waals surface area contributed by atoms with Crippen LogP contribution in [0.2, 0.25) is 0 Å². The summed E-state index contributed by atoms with van der Waals surface area (Å²) < 4.78 is 32.4. The van der Waals surface area contributed by atoms with Crippen LogP contribution in [0.15, 0.2) is 47.0 Å². The number of hydrogen-bond acceptors (Lipinski definition) is 4. The zero-order valence-electron chi connectivity index (χ0n) is 13.3. The lowest BCUT2D eigenvalue weighted by Gasteiger charge is -2.10. The summed E-state index contributed by atoms with van der Waals surface area (Å²) in [6.07, 6.45) is 1.53. The van der Waals surface area contributed by atoms with Gasteiger partial charge in [0, 0.05) is 22.4 Å². The Morgan fingerprint density at radius 2 is 1.96 bits per heavy atom. The maximum absolute atomic E-state index is 13.9. The minimum absolute atomic E-state index is 0.0741. The van der Waals surface area contributed by atoms with Gasteiger partial charge in [-0.25, -0.2) is 13.8 Å². The van der Waals surface area contributed by atoms with Gasteiger partial charge in [0.25, 0.3) is 0 Å². The second kappa shape index (κ2) is 6.72. The minimum Gasteiger partial charge on any atom is -0.439 e. The van der Waals surface area contributed by atoms with E-state index in [1.54, 1.807) is 19.1 Å². The predicted octanol–water partition coefficient (Wildman–Crippen LogP) is 3.64. The number of carbonyl (C=O) groups is 1. The fourth-order valence-corrected chi connectivity index (χ4v) is 2.32. The van der Waals surface area contributed by atoms with Gasteiger partial charge in [0.15, 0.2) is 5.76 Å². The molecule has 5 nitrogen and oxygen atoms in total. The normalized spacial score (nSPS) is 10.7. The van der Waals surface area contributed by atoms with Gasteiger partial charge in [0.05, 0.1) is 12.7 Å². The quantitative estimate of drug-likeness (QED) is 0.741. The zero-order valence-corrected chi connectivity index (χ0v) is 13.3. The van der Waals surface area contributed by atoms with Gasteiger partial charge in [-0.05, 0) is 43.3 Å². The van der Waals surface area contributed by atoms with Crippen LogP contribution in [0.4, 0.5) is 14.5 Å². The van der Waals surface area contributed by atoms with Gasteiger partial charge in [-0.1, -0.05) is 0 Å². The summed E-state index contributed by atoms with van der Waals surface area (Å²) in [6.45, 7) is 1.77. The van der Waals surface area contributed by atoms with Gasteiger partial charge < -0.3 is 15.5 Å². The van der Waals surface area contributed by atoms with E-state index in [1.165, 1.54) is 24.4 Å². The third kappa shape index (κ3) is 3.65. The van der Waals surface area contributed by atoms with Crippen LogP contribution in [0.25, 0.3) is 11.3 Å². The van der Waals surface area contributed by atoms with Crippen molar-refractivity contribution in [3.63, 3.8) is 0 Å². The lowest BCUT2D eigenvalue weighted by Crippen LogP contribution is -2.13. The molecule has 0 bridgehead atoms. The number of rotatable bonds is 5. The SMILES string of the molecule is Cc1c(F)cc(C(N)=O)cc1NCc1ncc(-c2ccc(F)cc2)o1. The number of hydrogen-bond donors (Lipinski definition) is 2. The maximum Gasteiger partial charge on any atom is 0.248 e. The van der Waals surface area contributed by atoms with Gasteiger partial charge >= 0.3 is 0 Å². The first-order valence-corrected chi connectivity index (χ1v) is 7.48. The largest absolute Gasteiger partial charge is 0.439 e. The molecule has 25 heavy (non-hydrogen) atoms. The fourth-order valence-electron chi connectivity index (χ4n) is 2.32. The Hall–Kier alpha value is -3.22. The van der Waals surface area contributed by atoms with Crippen LogP contribution in [-0.2, 0) is 6.54 Å². The molecule has 3 aromatic rings. The Bertz CT molecular complexity index is 921. The van der Waals surface area contributed by atoms with Crippen LogP contribution in [0.5, 0.6) is 0 Å². The van der Waals surface area contributed by atoms with Crippen molar-refractivity contribution in [1.29, 1.82) is 0 Å². The lowest BCUT2D eigenvalue weighted by atomic mass is 10.1. The van der Waals surface area contributed by atoms with Gasteiger partial charge in [0.1, 0.15) is 11.6 Å². The number of benzene rings is 2. The smallest absolute Gasteiger partial charge is 0.248 e. The van der Waals surface area contributed by atoms with Crippen LogP contribution in [-0.4, -0.2) is 10.9 Å². The van der Waals surface area contributed by atoms with Crippen molar-refractivity contribution in [3.8, 4) is 11.3 Å². The van der Waals surface area contributed by atoms with Crippen molar-refractivity contribution < 1.29 is 18.0 Å². The molecule has 0 radical (unpaired) electrons. The van der Waals surface area contributed by atoms with E-state index in [4.69, 9.17) is 10.2 Å². The number of carbonyl (C=O) groups excluding carboxylic acids is 1. The van der Waals surface area contributed by atoms with Crippen molar-refractivity contribution in [2.45, 2.75) is 13.5 Å². The molecular formula is C18H15F2N3O2. The number of amides is 1. The number of aromatic nitrogens is 1. The number of primary amides is 1. The highest BCUT2D eigenvalue weighted by molar-refractivity contribution is 5.94. The van der Waals surface area contributed by atoms with Crippen LogP contribution in [0.3, 0.4) is 0 Å². The van der Waals surface area contributed by atoms with E-state index in [1.807, 2.05) is 0 Å². The minimum atomic E-state index is -0.711. The van der Waals surface area contributed by atoms with E-state index < -0.39 is 11.7 Å². The molecule has 1 amide bonds. The van der Waals surface area contributed by atoms with Crippen LogP contribution in [0, 0.1) is 18.6 Å². The first-order chi connectivity index (χ1) is 11.9. The van der Waals surface area contributed by atoms with Gasteiger partial charge in [-0.2, -0.15) is 0 Å². The molecule has 3 N–H and O–H groups in total. The van der Waals surface area contributed by atoms with Crippen molar-refractivity contribution in [3.05, 3.63) is 71.2 Å². The molecular weight excluding hydrogens is 328 g/mol. The Morgan fingerprint density at radius 3 is 2.64 bits per heavy atom. The maximum atomic E-state index is 13.9. The van der Waals surface area contributed by atoms with Crippen molar-refractivity contribution >= 4 is 11.6 Å². The van der Waals surface area contributed by atoms with Crippen molar-refractivity contribution in [1.82, 2.24) is 4.98 Å². The number of nitrogens with zero attached hydrogens (tertiary/aromatic N) is 1. The second-order valence-corrected chi connectivity index (χ2v) is 5.47. The summed E-state index contributed by atoms with van der Waals surface area (Å²) >= 11 is 0. The van der Waals surface area contributed by atoms with E-state index in [0.29, 0.717) is 28.5 Å². The average molecular weight is 343 g/mol. The van der Waals surface area contributed by atoms with E-state index in [2.05, 4.69) is 10.3 Å². The second-order valence-electron chi connectivity index (χ2n) is 5.47. The molecule has 1 aromatic heterocycles. The summed E-state index contributed by atoms with van der Waals surface area (Å²) in [5.74, 6) is -0.721. The predicted molar refractivity (Wildman–Crippen MR) is 88.9 cm³/mol. The lowest BCUT2D eigenvalue weighted by molar-refractivity contribution is 0.1000. The fraction of sp³-hybridized carbons (Fsp3) is 0.111. The Morgan fingerprint density at radius 1 is 1.24 bits per heavy atom. The van der Waals surface area contributed by atoms with E-state index >= 15 is 0 Å². The summed E-state index contributed by atoms with van der Waals surface area (Å²) in [4.78, 5) is 15.4. The molecule has 0 aliphatic rings. The molecule has 0 fully saturated rings. The first-order valence-electron chi connectivity index (χ1n) is 7.48. The number of nitrogens with two attached hydrogens (primary N) is 1. The molecule has 128 valence electrons. The number of halogens is 2. The highest BCUT2D eigenvalue weighted by Crippen LogP contribution is 2.23. The summed E-state index contributed by atoms with van der Waals surface area (Å²) in [5.41, 5.74) is 6.75. The monoisotopic (exact) mass is 343 g/mol. The molecule has 0 saturated carbocycles. The van der Waals surface area contributed by atoms with Gasteiger partial charge in [-0.3, -0.25) is 4.79 Å². The van der Waals surface area contributed by atoms with Gasteiger partial charge in [-0.15, -0.1) is 0 Å². The molecule has 3 rings (SSSR count). The summed E-state index contributed by atoms with van der Waals surface area (Å²) in [7, 11) is 0. The number of anilines is 1. The van der Waals surface area contributed by atoms with E-state index in [9.17, 15) is 13.6 Å². The van der Waals surface area contributed by atoms with Crippen LogP contribution in [0.1, 0.15) is 21.8 Å². The van der Waals surface area contributed by atoms with E-state index in [0.717, 1.165) is 6.07 Å². The van der Waals surface area contributed by atoms with E-state index in [-0.39, 0.29) is 17.9 Å². The number of oxazole rings is 1. The summed E-state index contributed by atoms with van der Waals surface area (Å²) in [6, 6.07) is 8.41. The molecule has 7 heteroatoms. The van der Waals surface area contributed by atoms with Crippen molar-refractivity contribution in [2.24, 2.45) is 5.73 Å². The Labute approximate surface area is 142 Å². The Balaban J connectivity index is 1.76. The Kier molecular flexibility index (Phi) is 4.47. The van der Waals surface area contributed by atoms with Gasteiger partial charge in [0.2, 0.25) is 11.8 Å². The standard InChI is InChI=1S/C18H15F2N3O2/c1-10-14(20)6-12(18(21)24)7-15(10)22-9-17-23-8-16(25-17)11-2-4-13(19)5-3-11/h2-8,22H,9H2,1H3,(H2,21,24). The van der Waals surface area contributed by atoms with Crippen molar-refractivity contribution in [2.75, 3.05) is 5.32 Å². The molecule has 0 aliphatic carbocycles. The average Bonchev–Trinajstić information content (AvgIpc) is 3.05. The molecule has 0 spiro atoms. The third-order valence-corrected chi connectivity index (χ3v) is 3.74.